The van der Waals surface area contributed by atoms with Gasteiger partial charge in [-0.15, -0.1) is 0 Å². The molecule has 2 N–H and O–H groups in total. The Bertz CT molecular complexity index is 742. The summed E-state index contributed by atoms with van der Waals surface area (Å²) in [5.74, 6) is 4.35. The van der Waals surface area contributed by atoms with E-state index in [0.717, 1.165) is 6.26 Å². The molecular formula is C13H17NO5S2. The Balaban J connectivity index is 2.66. The Labute approximate surface area is 125 Å². The standard InChI is InChI=1S/C13H17NO5S2/c1-20(16,17)8-9-21(18,19)14-11-13-5-2-4-12(10-13)6-3-7-15/h2,4-5,10,14-15H,7-9,11H2,1H3. The second-order valence-corrected chi connectivity index (χ2v) is 8.62. The maximum absolute atomic E-state index is 11.7. The maximum atomic E-state index is 11.7. The van der Waals surface area contributed by atoms with Gasteiger partial charge in [0.15, 0.2) is 0 Å². The minimum atomic E-state index is -3.65. The molecule has 8 heteroatoms. The van der Waals surface area contributed by atoms with Crippen molar-refractivity contribution < 1.29 is 21.9 Å². The van der Waals surface area contributed by atoms with Gasteiger partial charge in [0.2, 0.25) is 10.0 Å². The van der Waals surface area contributed by atoms with Crippen molar-refractivity contribution >= 4 is 19.9 Å². The van der Waals surface area contributed by atoms with E-state index < -0.39 is 31.4 Å². The number of aliphatic hydroxyl groups is 1. The summed E-state index contributed by atoms with van der Waals surface area (Å²) in [7, 11) is -6.97. The van der Waals surface area contributed by atoms with Crippen molar-refractivity contribution in [3.8, 4) is 11.8 Å². The molecule has 0 aliphatic rings. The van der Waals surface area contributed by atoms with E-state index in [1.807, 2.05) is 0 Å². The molecule has 0 aromatic heterocycles. The molecule has 0 unspecified atom stereocenters. The summed E-state index contributed by atoms with van der Waals surface area (Å²) in [6.45, 7) is -0.191. The van der Waals surface area contributed by atoms with Gasteiger partial charge in [-0.25, -0.2) is 21.6 Å². The van der Waals surface area contributed by atoms with Crippen LogP contribution in [-0.2, 0) is 26.4 Å². The Morgan fingerprint density at radius 2 is 1.90 bits per heavy atom. The third-order valence-electron chi connectivity index (χ3n) is 2.46. The normalized spacial score (nSPS) is 11.7. The number of benzene rings is 1. The average Bonchev–Trinajstić information content (AvgIpc) is 2.41. The highest BCUT2D eigenvalue weighted by Gasteiger charge is 2.14. The van der Waals surface area contributed by atoms with Crippen LogP contribution in [0.4, 0.5) is 0 Å². The molecule has 0 bridgehead atoms. The molecule has 0 aliphatic heterocycles. The molecule has 0 radical (unpaired) electrons. The number of sulfonamides is 1. The van der Waals surface area contributed by atoms with Crippen molar-refractivity contribution in [1.82, 2.24) is 4.72 Å². The lowest BCUT2D eigenvalue weighted by atomic mass is 10.1. The van der Waals surface area contributed by atoms with Crippen LogP contribution < -0.4 is 4.72 Å². The molecule has 0 saturated heterocycles. The summed E-state index contributed by atoms with van der Waals surface area (Å²) >= 11 is 0. The lowest BCUT2D eigenvalue weighted by Crippen LogP contribution is -2.29. The van der Waals surface area contributed by atoms with Crippen LogP contribution in [0, 0.1) is 11.8 Å². The SMILES string of the molecule is CS(=O)(=O)CCS(=O)(=O)NCc1cccc(C#CCO)c1. The van der Waals surface area contributed by atoms with E-state index in [4.69, 9.17) is 5.11 Å². The van der Waals surface area contributed by atoms with Crippen LogP contribution in [0.2, 0.25) is 0 Å². The van der Waals surface area contributed by atoms with Crippen molar-refractivity contribution in [2.45, 2.75) is 6.54 Å². The van der Waals surface area contributed by atoms with E-state index in [-0.39, 0.29) is 13.2 Å². The van der Waals surface area contributed by atoms with E-state index >= 15 is 0 Å². The first-order valence-electron chi connectivity index (χ1n) is 6.05. The van der Waals surface area contributed by atoms with Crippen LogP contribution in [-0.4, -0.2) is 46.3 Å². The van der Waals surface area contributed by atoms with Crippen LogP contribution in [0.25, 0.3) is 0 Å². The summed E-state index contributed by atoms with van der Waals surface area (Å²) in [6, 6.07) is 6.89. The third kappa shape index (κ3) is 7.82. The molecule has 1 aromatic carbocycles. The first-order valence-corrected chi connectivity index (χ1v) is 9.77. The molecule has 1 aromatic rings. The summed E-state index contributed by atoms with van der Waals surface area (Å²) in [5.41, 5.74) is 1.36. The Hall–Kier alpha value is -1.40. The van der Waals surface area contributed by atoms with Crippen LogP contribution >= 0.6 is 0 Å². The van der Waals surface area contributed by atoms with Gasteiger partial charge in [-0.05, 0) is 17.7 Å². The molecule has 0 atom stereocenters. The predicted molar refractivity (Wildman–Crippen MR) is 80.7 cm³/mol. The van der Waals surface area contributed by atoms with Gasteiger partial charge in [0.05, 0.1) is 11.5 Å². The van der Waals surface area contributed by atoms with Gasteiger partial charge in [-0.2, -0.15) is 0 Å². The molecule has 0 heterocycles. The zero-order valence-electron chi connectivity index (χ0n) is 11.5. The minimum absolute atomic E-state index is 0.0563. The fraction of sp³-hybridized carbons (Fsp3) is 0.385. The number of nitrogens with one attached hydrogen (secondary N) is 1. The van der Waals surface area contributed by atoms with E-state index in [9.17, 15) is 16.8 Å². The topological polar surface area (TPSA) is 101 Å². The van der Waals surface area contributed by atoms with Crippen molar-refractivity contribution in [3.63, 3.8) is 0 Å². The third-order valence-corrected chi connectivity index (χ3v) is 4.99. The van der Waals surface area contributed by atoms with Crippen LogP contribution in [0.5, 0.6) is 0 Å². The molecule has 0 spiro atoms. The fourth-order valence-electron chi connectivity index (χ4n) is 1.43. The van der Waals surface area contributed by atoms with Crippen molar-refractivity contribution in [2.24, 2.45) is 0 Å². The first kappa shape index (κ1) is 17.7. The molecule has 6 nitrogen and oxygen atoms in total. The first-order chi connectivity index (χ1) is 9.72. The number of rotatable bonds is 6. The lowest BCUT2D eigenvalue weighted by molar-refractivity contribution is 0.350. The van der Waals surface area contributed by atoms with Crippen LogP contribution in [0.3, 0.4) is 0 Å². The highest BCUT2D eigenvalue weighted by Crippen LogP contribution is 2.04. The van der Waals surface area contributed by atoms with E-state index in [1.165, 1.54) is 0 Å². The summed E-state index contributed by atoms with van der Waals surface area (Å²) in [6.07, 6.45) is 0.992. The van der Waals surface area contributed by atoms with Gasteiger partial charge in [0.25, 0.3) is 0 Å². The van der Waals surface area contributed by atoms with E-state index in [1.54, 1.807) is 24.3 Å². The van der Waals surface area contributed by atoms with Crippen molar-refractivity contribution in [1.29, 1.82) is 0 Å². The molecular weight excluding hydrogens is 314 g/mol. The van der Waals surface area contributed by atoms with Crippen molar-refractivity contribution in [2.75, 3.05) is 24.4 Å². The Morgan fingerprint density at radius 1 is 1.19 bits per heavy atom. The minimum Gasteiger partial charge on any atom is -0.384 e. The Kier molecular flexibility index (Phi) is 6.36. The monoisotopic (exact) mass is 331 g/mol. The summed E-state index contributed by atoms with van der Waals surface area (Å²) in [4.78, 5) is 0. The lowest BCUT2D eigenvalue weighted by Gasteiger charge is -2.06. The van der Waals surface area contributed by atoms with Gasteiger partial charge in [0, 0.05) is 18.4 Å². The highest BCUT2D eigenvalue weighted by molar-refractivity contribution is 7.93. The maximum Gasteiger partial charge on any atom is 0.212 e. The number of hydrogen-bond acceptors (Lipinski definition) is 5. The number of hydrogen-bond donors (Lipinski definition) is 2. The van der Waals surface area contributed by atoms with Gasteiger partial charge >= 0.3 is 0 Å². The fourth-order valence-corrected chi connectivity index (χ4v) is 4.05. The zero-order valence-corrected chi connectivity index (χ0v) is 13.2. The zero-order chi connectivity index (χ0) is 15.9. The van der Waals surface area contributed by atoms with Crippen LogP contribution in [0.15, 0.2) is 24.3 Å². The largest absolute Gasteiger partial charge is 0.384 e. The smallest absolute Gasteiger partial charge is 0.212 e. The molecule has 0 amide bonds. The van der Waals surface area contributed by atoms with Gasteiger partial charge in [-0.1, -0.05) is 24.0 Å². The quantitative estimate of drug-likeness (QED) is 0.684. The summed E-state index contributed by atoms with van der Waals surface area (Å²) in [5, 5.41) is 8.62. The molecule has 0 fully saturated rings. The van der Waals surface area contributed by atoms with E-state index in [0.29, 0.717) is 11.1 Å². The van der Waals surface area contributed by atoms with Crippen LogP contribution in [0.1, 0.15) is 11.1 Å². The van der Waals surface area contributed by atoms with Gasteiger partial charge < -0.3 is 5.11 Å². The number of aliphatic hydroxyl groups excluding tert-OH is 1. The molecule has 1 rings (SSSR count). The molecule has 0 saturated carbocycles. The van der Waals surface area contributed by atoms with E-state index in [2.05, 4.69) is 16.6 Å². The highest BCUT2D eigenvalue weighted by atomic mass is 32.2. The van der Waals surface area contributed by atoms with Gasteiger partial charge in [0.1, 0.15) is 16.4 Å². The molecule has 21 heavy (non-hydrogen) atoms. The number of sulfone groups is 1. The molecule has 116 valence electrons. The molecule has 0 aliphatic carbocycles. The Morgan fingerprint density at radius 3 is 2.52 bits per heavy atom. The predicted octanol–water partition coefficient (Wildman–Crippen LogP) is -0.506. The summed E-state index contributed by atoms with van der Waals surface area (Å²) < 4.78 is 47.6. The van der Waals surface area contributed by atoms with Crippen molar-refractivity contribution in [3.05, 3.63) is 35.4 Å². The average molecular weight is 331 g/mol. The second kappa shape index (κ2) is 7.56. The second-order valence-electron chi connectivity index (χ2n) is 4.43. The van der Waals surface area contributed by atoms with Gasteiger partial charge in [-0.3, -0.25) is 0 Å².